The number of allylic oxidation sites excluding steroid dienone is 3. The van der Waals surface area contributed by atoms with Crippen molar-refractivity contribution in [3.05, 3.63) is 51.6 Å². The third-order valence-electron chi connectivity index (χ3n) is 4.08. The van der Waals surface area contributed by atoms with Crippen molar-refractivity contribution < 1.29 is 12.6 Å². The van der Waals surface area contributed by atoms with Gasteiger partial charge in [-0.25, -0.2) is 0 Å². The summed E-state index contributed by atoms with van der Waals surface area (Å²) < 4.78 is 26.9. The second kappa shape index (κ2) is 7.65. The molecule has 1 aromatic carbocycles. The Morgan fingerprint density at radius 3 is 2.78 bits per heavy atom. The van der Waals surface area contributed by atoms with E-state index in [0.29, 0.717) is 12.3 Å². The maximum Gasteiger partial charge on any atom is 0.264 e. The van der Waals surface area contributed by atoms with E-state index in [2.05, 4.69) is 25.1 Å². The summed E-state index contributed by atoms with van der Waals surface area (Å²) in [5.41, 5.74) is 5.00. The topological polar surface area (TPSA) is 43.4 Å². The quantitative estimate of drug-likeness (QED) is 0.556. The molecule has 0 bridgehead atoms. The Hall–Kier alpha value is -1.10. The number of hydrogen-bond donors (Lipinski definition) is 0. The molecule has 0 heterocycles. The standard InChI is InChI=1S/C18H23ClO3S/c1-4-14-10-13(2)18-8-7-17(19)12-16(18)11-15(14)6-5-9-22-23(3,20)21/h4,7-8,11-13H,5-6,9-10H2,1-3H3/b14-4+. The third-order valence-corrected chi connectivity index (χ3v) is 4.91. The normalized spacial score (nSPS) is 20.1. The molecule has 1 aromatic rings. The summed E-state index contributed by atoms with van der Waals surface area (Å²) in [6, 6.07) is 6.03. The molecule has 5 heteroatoms. The first kappa shape index (κ1) is 18.2. The summed E-state index contributed by atoms with van der Waals surface area (Å²) in [6.45, 7) is 4.48. The van der Waals surface area contributed by atoms with E-state index in [4.69, 9.17) is 15.8 Å². The van der Waals surface area contributed by atoms with Crippen molar-refractivity contribution in [3.63, 3.8) is 0 Å². The van der Waals surface area contributed by atoms with Gasteiger partial charge in [-0.2, -0.15) is 8.42 Å². The Morgan fingerprint density at radius 1 is 1.39 bits per heavy atom. The van der Waals surface area contributed by atoms with Crippen LogP contribution in [0.1, 0.15) is 50.2 Å². The fraction of sp³-hybridized carbons (Fsp3) is 0.444. The lowest BCUT2D eigenvalue weighted by Gasteiger charge is -2.14. The third kappa shape index (κ3) is 5.20. The average molecular weight is 355 g/mol. The van der Waals surface area contributed by atoms with Crippen LogP contribution in [0.3, 0.4) is 0 Å². The van der Waals surface area contributed by atoms with Crippen LogP contribution in [-0.4, -0.2) is 21.3 Å². The molecule has 1 aliphatic carbocycles. The molecule has 0 N–H and O–H groups in total. The van der Waals surface area contributed by atoms with Crippen LogP contribution in [0.4, 0.5) is 0 Å². The van der Waals surface area contributed by atoms with Gasteiger partial charge in [-0.15, -0.1) is 0 Å². The molecule has 0 saturated heterocycles. The van der Waals surface area contributed by atoms with Crippen LogP contribution in [0.25, 0.3) is 6.08 Å². The van der Waals surface area contributed by atoms with Crippen molar-refractivity contribution in [2.24, 2.45) is 0 Å². The lowest BCUT2D eigenvalue weighted by Crippen LogP contribution is -2.04. The number of benzene rings is 1. The van der Waals surface area contributed by atoms with Crippen LogP contribution >= 0.6 is 11.6 Å². The van der Waals surface area contributed by atoms with Crippen LogP contribution in [0.2, 0.25) is 5.02 Å². The Bertz CT molecular complexity index is 733. The molecule has 126 valence electrons. The average Bonchev–Trinajstić information content (AvgIpc) is 2.59. The van der Waals surface area contributed by atoms with Crippen molar-refractivity contribution in [1.29, 1.82) is 0 Å². The van der Waals surface area contributed by atoms with Crippen molar-refractivity contribution >= 4 is 27.8 Å². The zero-order valence-electron chi connectivity index (χ0n) is 13.8. The van der Waals surface area contributed by atoms with E-state index >= 15 is 0 Å². The summed E-state index contributed by atoms with van der Waals surface area (Å²) in [5.74, 6) is 0.425. The Labute approximate surface area is 144 Å². The number of rotatable bonds is 5. The molecule has 0 saturated carbocycles. The van der Waals surface area contributed by atoms with Gasteiger partial charge in [-0.3, -0.25) is 4.18 Å². The maximum atomic E-state index is 11.0. The second-order valence-corrected chi connectivity index (χ2v) is 8.07. The van der Waals surface area contributed by atoms with Gasteiger partial charge in [0.25, 0.3) is 10.1 Å². The Morgan fingerprint density at radius 2 is 2.13 bits per heavy atom. The van der Waals surface area contributed by atoms with E-state index in [9.17, 15) is 8.42 Å². The summed E-state index contributed by atoms with van der Waals surface area (Å²) >= 11 is 6.14. The fourth-order valence-electron chi connectivity index (χ4n) is 2.98. The lowest BCUT2D eigenvalue weighted by atomic mass is 9.91. The summed E-state index contributed by atoms with van der Waals surface area (Å²) in [7, 11) is -3.37. The van der Waals surface area contributed by atoms with Crippen LogP contribution < -0.4 is 0 Å². The highest BCUT2D eigenvalue weighted by molar-refractivity contribution is 7.85. The highest BCUT2D eigenvalue weighted by Gasteiger charge is 2.18. The number of halogens is 1. The van der Waals surface area contributed by atoms with Crippen molar-refractivity contribution in [1.82, 2.24) is 0 Å². The van der Waals surface area contributed by atoms with E-state index in [0.717, 1.165) is 29.7 Å². The molecular weight excluding hydrogens is 332 g/mol. The van der Waals surface area contributed by atoms with E-state index in [1.54, 1.807) is 0 Å². The van der Waals surface area contributed by atoms with Gasteiger partial charge >= 0.3 is 0 Å². The number of fused-ring (bicyclic) bond motifs is 1. The predicted molar refractivity (Wildman–Crippen MR) is 96.2 cm³/mol. The summed E-state index contributed by atoms with van der Waals surface area (Å²) in [6.07, 6.45) is 7.83. The fourth-order valence-corrected chi connectivity index (χ4v) is 3.58. The SMILES string of the molecule is C/C=C1\CC(C)c2ccc(Cl)cc2C=C1CCCOS(C)(=O)=O. The molecule has 0 amide bonds. The predicted octanol–water partition coefficient (Wildman–Crippen LogP) is 4.93. The summed E-state index contributed by atoms with van der Waals surface area (Å²) in [5, 5.41) is 0.732. The minimum Gasteiger partial charge on any atom is -0.270 e. The molecule has 0 aliphatic heterocycles. The Kier molecular flexibility index (Phi) is 6.06. The van der Waals surface area contributed by atoms with E-state index in [1.807, 2.05) is 19.1 Å². The van der Waals surface area contributed by atoms with Crippen LogP contribution in [0, 0.1) is 0 Å². The van der Waals surface area contributed by atoms with Crippen LogP contribution in [-0.2, 0) is 14.3 Å². The molecule has 0 spiro atoms. The second-order valence-electron chi connectivity index (χ2n) is 5.99. The minimum absolute atomic E-state index is 0.213. The van der Waals surface area contributed by atoms with Crippen LogP contribution in [0.15, 0.2) is 35.4 Å². The van der Waals surface area contributed by atoms with Gasteiger partial charge in [0.15, 0.2) is 0 Å². The van der Waals surface area contributed by atoms with Gasteiger partial charge in [0.05, 0.1) is 12.9 Å². The van der Waals surface area contributed by atoms with Gasteiger partial charge < -0.3 is 0 Å². The molecule has 1 unspecified atom stereocenters. The van der Waals surface area contributed by atoms with Crippen molar-refractivity contribution in [2.45, 2.75) is 39.0 Å². The van der Waals surface area contributed by atoms with E-state index in [1.165, 1.54) is 16.7 Å². The molecular formula is C18H23ClO3S. The first-order valence-corrected chi connectivity index (χ1v) is 9.99. The molecule has 0 aromatic heterocycles. The minimum atomic E-state index is -3.37. The highest BCUT2D eigenvalue weighted by Crippen LogP contribution is 2.37. The molecule has 0 radical (unpaired) electrons. The first-order valence-electron chi connectivity index (χ1n) is 7.80. The largest absolute Gasteiger partial charge is 0.270 e. The van der Waals surface area contributed by atoms with E-state index in [-0.39, 0.29) is 6.61 Å². The molecule has 1 aliphatic rings. The molecule has 0 fully saturated rings. The zero-order chi connectivity index (χ0) is 17.0. The van der Waals surface area contributed by atoms with E-state index < -0.39 is 10.1 Å². The van der Waals surface area contributed by atoms with Crippen molar-refractivity contribution in [3.8, 4) is 0 Å². The van der Waals surface area contributed by atoms with Gasteiger partial charge in [-0.1, -0.05) is 36.7 Å². The monoisotopic (exact) mass is 354 g/mol. The Balaban J connectivity index is 2.21. The smallest absolute Gasteiger partial charge is 0.264 e. The number of hydrogen-bond acceptors (Lipinski definition) is 3. The molecule has 2 rings (SSSR count). The van der Waals surface area contributed by atoms with Gasteiger partial charge in [-0.05, 0) is 66.5 Å². The first-order chi connectivity index (χ1) is 10.8. The summed E-state index contributed by atoms with van der Waals surface area (Å²) in [4.78, 5) is 0. The highest BCUT2D eigenvalue weighted by atomic mass is 35.5. The molecule has 23 heavy (non-hydrogen) atoms. The maximum absolute atomic E-state index is 11.0. The van der Waals surface area contributed by atoms with Gasteiger partial charge in [0, 0.05) is 5.02 Å². The lowest BCUT2D eigenvalue weighted by molar-refractivity contribution is 0.316. The van der Waals surface area contributed by atoms with Crippen molar-refractivity contribution in [2.75, 3.05) is 12.9 Å². The van der Waals surface area contributed by atoms with Gasteiger partial charge in [0.1, 0.15) is 0 Å². The molecule has 3 nitrogen and oxygen atoms in total. The zero-order valence-corrected chi connectivity index (χ0v) is 15.4. The van der Waals surface area contributed by atoms with Crippen LogP contribution in [0.5, 0.6) is 0 Å². The van der Waals surface area contributed by atoms with Gasteiger partial charge in [0.2, 0.25) is 0 Å². The molecule has 1 atom stereocenters.